The van der Waals surface area contributed by atoms with Crippen molar-refractivity contribution in [2.75, 3.05) is 25.0 Å². The number of anilines is 1. The Bertz CT molecular complexity index is 463. The Labute approximate surface area is 132 Å². The summed E-state index contributed by atoms with van der Waals surface area (Å²) in [6, 6.07) is 5.93. The van der Waals surface area contributed by atoms with Gasteiger partial charge in [-0.1, -0.05) is 18.5 Å². The van der Waals surface area contributed by atoms with Crippen molar-refractivity contribution in [3.8, 4) is 0 Å². The molecule has 0 atom stereocenters. The molecule has 1 amide bonds. The van der Waals surface area contributed by atoms with E-state index in [4.69, 9.17) is 11.6 Å². The first-order valence-electron chi connectivity index (χ1n) is 7.43. The van der Waals surface area contributed by atoms with Crippen molar-refractivity contribution >= 4 is 23.2 Å². The van der Waals surface area contributed by atoms with Crippen molar-refractivity contribution in [1.29, 1.82) is 0 Å². The lowest BCUT2D eigenvalue weighted by atomic mass is 10.1. The minimum atomic E-state index is 0.0231. The summed E-state index contributed by atoms with van der Waals surface area (Å²) >= 11 is 6.08. The van der Waals surface area contributed by atoms with Crippen molar-refractivity contribution < 1.29 is 4.79 Å². The van der Waals surface area contributed by atoms with Crippen LogP contribution in [-0.4, -0.2) is 32.1 Å². The summed E-state index contributed by atoms with van der Waals surface area (Å²) in [5.74, 6) is 0.0231. The van der Waals surface area contributed by atoms with Crippen molar-refractivity contribution in [3.05, 3.63) is 28.8 Å². The second-order valence-corrected chi connectivity index (χ2v) is 5.96. The van der Waals surface area contributed by atoms with E-state index in [0.717, 1.165) is 30.8 Å². The Kier molecular flexibility index (Phi) is 7.54. The molecule has 0 aliphatic rings. The van der Waals surface area contributed by atoms with Gasteiger partial charge < -0.3 is 15.5 Å². The van der Waals surface area contributed by atoms with Gasteiger partial charge in [0.25, 0.3) is 0 Å². The highest BCUT2D eigenvalue weighted by Gasteiger charge is 2.12. The van der Waals surface area contributed by atoms with Crippen LogP contribution in [0.4, 0.5) is 5.69 Å². The van der Waals surface area contributed by atoms with Crippen molar-refractivity contribution in [3.63, 3.8) is 0 Å². The summed E-state index contributed by atoms with van der Waals surface area (Å²) in [4.78, 5) is 13.8. The lowest BCUT2D eigenvalue weighted by Gasteiger charge is -2.23. The molecule has 2 N–H and O–H groups in total. The molecule has 118 valence electrons. The molecule has 0 spiro atoms. The smallest absolute Gasteiger partial charge is 0.239 e. The molecule has 4 nitrogen and oxygen atoms in total. The van der Waals surface area contributed by atoms with Crippen LogP contribution in [0, 0.1) is 0 Å². The minimum Gasteiger partial charge on any atom is -0.365 e. The van der Waals surface area contributed by atoms with Crippen LogP contribution in [0.25, 0.3) is 0 Å². The number of halogens is 1. The topological polar surface area (TPSA) is 44.4 Å². The van der Waals surface area contributed by atoms with E-state index in [1.54, 1.807) is 0 Å². The molecule has 5 heteroatoms. The molecule has 0 aliphatic carbocycles. The maximum absolute atomic E-state index is 11.9. The van der Waals surface area contributed by atoms with Crippen LogP contribution in [-0.2, 0) is 11.3 Å². The Balaban J connectivity index is 2.77. The zero-order valence-corrected chi connectivity index (χ0v) is 14.1. The van der Waals surface area contributed by atoms with E-state index in [0.29, 0.717) is 11.6 Å². The van der Waals surface area contributed by atoms with Crippen molar-refractivity contribution in [2.24, 2.45) is 0 Å². The third-order valence-electron chi connectivity index (χ3n) is 3.03. The maximum atomic E-state index is 11.9. The van der Waals surface area contributed by atoms with Gasteiger partial charge in [0, 0.05) is 30.3 Å². The third-order valence-corrected chi connectivity index (χ3v) is 3.26. The molecule has 21 heavy (non-hydrogen) atoms. The SMILES string of the molecule is CCCNCc1cc(Cl)ccc1N(C)CC(=O)NC(C)C. The van der Waals surface area contributed by atoms with Crippen LogP contribution in [0.5, 0.6) is 0 Å². The molecule has 1 aromatic rings. The third kappa shape index (κ3) is 6.36. The van der Waals surface area contributed by atoms with Crippen LogP contribution in [0.1, 0.15) is 32.8 Å². The minimum absolute atomic E-state index is 0.0231. The molecule has 0 saturated heterocycles. The molecule has 0 fully saturated rings. The highest BCUT2D eigenvalue weighted by molar-refractivity contribution is 6.30. The maximum Gasteiger partial charge on any atom is 0.239 e. The first kappa shape index (κ1) is 17.8. The highest BCUT2D eigenvalue weighted by atomic mass is 35.5. The van der Waals surface area contributed by atoms with E-state index in [-0.39, 0.29) is 11.9 Å². The molecule has 0 saturated carbocycles. The largest absolute Gasteiger partial charge is 0.365 e. The molecule has 1 rings (SSSR count). The van der Waals surface area contributed by atoms with Gasteiger partial charge in [-0.2, -0.15) is 0 Å². The predicted molar refractivity (Wildman–Crippen MR) is 90.0 cm³/mol. The van der Waals surface area contributed by atoms with E-state index in [1.807, 2.05) is 44.0 Å². The number of nitrogens with zero attached hydrogens (tertiary/aromatic N) is 1. The predicted octanol–water partition coefficient (Wildman–Crippen LogP) is 2.80. The Hall–Kier alpha value is -1.26. The lowest BCUT2D eigenvalue weighted by Crippen LogP contribution is -2.39. The average molecular weight is 312 g/mol. The lowest BCUT2D eigenvalue weighted by molar-refractivity contribution is -0.120. The fraction of sp³-hybridized carbons (Fsp3) is 0.562. The van der Waals surface area contributed by atoms with Crippen molar-refractivity contribution in [1.82, 2.24) is 10.6 Å². The molecule has 0 aromatic heterocycles. The van der Waals surface area contributed by atoms with Gasteiger partial charge in [0.05, 0.1) is 6.54 Å². The first-order valence-corrected chi connectivity index (χ1v) is 7.81. The summed E-state index contributed by atoms with van der Waals surface area (Å²) < 4.78 is 0. The van der Waals surface area contributed by atoms with Crippen LogP contribution in [0.2, 0.25) is 5.02 Å². The Morgan fingerprint density at radius 2 is 2.10 bits per heavy atom. The molecular formula is C16H26ClN3O. The second-order valence-electron chi connectivity index (χ2n) is 5.53. The number of hydrogen-bond acceptors (Lipinski definition) is 3. The number of nitrogens with one attached hydrogen (secondary N) is 2. The van der Waals surface area contributed by atoms with E-state index in [1.165, 1.54) is 0 Å². The number of rotatable bonds is 8. The van der Waals surface area contributed by atoms with E-state index >= 15 is 0 Å². The Morgan fingerprint density at radius 3 is 2.71 bits per heavy atom. The van der Waals surface area contributed by atoms with Crippen LogP contribution >= 0.6 is 11.6 Å². The van der Waals surface area contributed by atoms with Crippen LogP contribution in [0.3, 0.4) is 0 Å². The number of amides is 1. The van der Waals surface area contributed by atoms with Gasteiger partial charge in [-0.15, -0.1) is 0 Å². The van der Waals surface area contributed by atoms with E-state index < -0.39 is 0 Å². The van der Waals surface area contributed by atoms with Gasteiger partial charge in [0.1, 0.15) is 0 Å². The van der Waals surface area contributed by atoms with Gasteiger partial charge >= 0.3 is 0 Å². The van der Waals surface area contributed by atoms with Gasteiger partial charge in [-0.3, -0.25) is 4.79 Å². The summed E-state index contributed by atoms with van der Waals surface area (Å²) in [6.07, 6.45) is 1.09. The normalized spacial score (nSPS) is 10.8. The number of carbonyl (C=O) groups excluding carboxylic acids is 1. The standard InChI is InChI=1S/C16H26ClN3O/c1-5-8-18-10-13-9-14(17)6-7-15(13)20(4)11-16(21)19-12(2)3/h6-7,9,12,18H,5,8,10-11H2,1-4H3,(H,19,21). The summed E-state index contributed by atoms with van der Waals surface area (Å²) in [5, 5.41) is 6.99. The summed E-state index contributed by atoms with van der Waals surface area (Å²) in [6.45, 7) is 8.10. The van der Waals surface area contributed by atoms with Crippen LogP contribution in [0.15, 0.2) is 18.2 Å². The number of hydrogen-bond donors (Lipinski definition) is 2. The van der Waals surface area contributed by atoms with Gasteiger partial charge in [-0.05, 0) is 50.6 Å². The van der Waals surface area contributed by atoms with Gasteiger partial charge in [-0.25, -0.2) is 0 Å². The molecule has 1 aromatic carbocycles. The summed E-state index contributed by atoms with van der Waals surface area (Å²) in [5.41, 5.74) is 2.14. The fourth-order valence-electron chi connectivity index (χ4n) is 2.14. The first-order chi connectivity index (χ1) is 9.93. The molecule has 0 radical (unpaired) electrons. The van der Waals surface area contributed by atoms with Gasteiger partial charge in [0.15, 0.2) is 0 Å². The Morgan fingerprint density at radius 1 is 1.38 bits per heavy atom. The zero-order valence-electron chi connectivity index (χ0n) is 13.4. The van der Waals surface area contributed by atoms with E-state index in [2.05, 4.69) is 17.6 Å². The quantitative estimate of drug-likeness (QED) is 0.726. The monoisotopic (exact) mass is 311 g/mol. The molecule has 0 bridgehead atoms. The fourth-order valence-corrected chi connectivity index (χ4v) is 2.33. The number of benzene rings is 1. The second kappa shape index (κ2) is 8.90. The number of carbonyl (C=O) groups is 1. The molecule has 0 aliphatic heterocycles. The highest BCUT2D eigenvalue weighted by Crippen LogP contribution is 2.23. The molecule has 0 unspecified atom stereocenters. The van der Waals surface area contributed by atoms with E-state index in [9.17, 15) is 4.79 Å². The summed E-state index contributed by atoms with van der Waals surface area (Å²) in [7, 11) is 1.92. The molecular weight excluding hydrogens is 286 g/mol. The molecule has 0 heterocycles. The van der Waals surface area contributed by atoms with Crippen LogP contribution < -0.4 is 15.5 Å². The van der Waals surface area contributed by atoms with Gasteiger partial charge in [0.2, 0.25) is 5.91 Å². The average Bonchev–Trinajstić information content (AvgIpc) is 2.37. The zero-order chi connectivity index (χ0) is 15.8. The number of likely N-dealkylation sites (N-methyl/N-ethyl adjacent to an activating group) is 1. The van der Waals surface area contributed by atoms with Crippen molar-refractivity contribution in [2.45, 2.75) is 39.8 Å².